The molecule has 110 valence electrons. The second-order valence-corrected chi connectivity index (χ2v) is 6.21. The van der Waals surface area contributed by atoms with Crippen LogP contribution in [0.3, 0.4) is 0 Å². The Bertz CT molecular complexity index is 806. The van der Waals surface area contributed by atoms with E-state index in [-0.39, 0.29) is 21.3 Å². The molecule has 0 aliphatic rings. The molecule has 0 fully saturated rings. The number of hydrogen-bond acceptors (Lipinski definition) is 4. The lowest BCUT2D eigenvalue weighted by Gasteiger charge is -2.13. The number of nitrogens with zero attached hydrogens (tertiary/aromatic N) is 1. The molecule has 0 aliphatic heterocycles. The maximum absolute atomic E-state index is 12.3. The third-order valence-corrected chi connectivity index (χ3v) is 4.55. The average Bonchev–Trinajstić information content (AvgIpc) is 2.41. The molecule has 2 aromatic rings. The van der Waals surface area contributed by atoms with Gasteiger partial charge in [-0.15, -0.1) is 0 Å². The van der Waals surface area contributed by atoms with Crippen molar-refractivity contribution in [1.29, 1.82) is 0 Å². The topological polar surface area (TPSA) is 96.4 Å². The summed E-state index contributed by atoms with van der Waals surface area (Å²) in [5, 5.41) is 8.95. The molecule has 0 aliphatic carbocycles. The van der Waals surface area contributed by atoms with Crippen LogP contribution in [0.25, 0.3) is 0 Å². The molecule has 6 nitrogen and oxygen atoms in total. The van der Waals surface area contributed by atoms with Crippen LogP contribution in [-0.2, 0) is 10.0 Å². The first-order chi connectivity index (χ1) is 9.83. The number of aryl methyl sites for hydroxylation is 1. The van der Waals surface area contributed by atoms with E-state index in [9.17, 15) is 13.2 Å². The highest BCUT2D eigenvalue weighted by Gasteiger charge is 2.22. The van der Waals surface area contributed by atoms with Gasteiger partial charge >= 0.3 is 5.97 Å². The first-order valence-corrected chi connectivity index (χ1v) is 7.65. The molecule has 0 radical (unpaired) electrons. The first-order valence-electron chi connectivity index (χ1n) is 5.79. The number of carbonyl (C=O) groups is 1. The molecule has 0 spiro atoms. The summed E-state index contributed by atoms with van der Waals surface area (Å²) < 4.78 is 26.9. The van der Waals surface area contributed by atoms with Gasteiger partial charge in [0.15, 0.2) is 0 Å². The summed E-state index contributed by atoms with van der Waals surface area (Å²) in [5.74, 6) is -1.23. The standard InChI is InChI=1S/C13H11ClN2O4S/c1-8-4-2-5-9(13(17)18)11(8)16-21(19,20)10-6-3-7-15-12(10)14/h2-7,16H,1H3,(H,17,18). The Hall–Kier alpha value is -2.12. The minimum atomic E-state index is -4.03. The van der Waals surface area contributed by atoms with Gasteiger partial charge in [-0.25, -0.2) is 18.2 Å². The Balaban J connectivity index is 2.52. The molecule has 0 saturated carbocycles. The lowest BCUT2D eigenvalue weighted by Crippen LogP contribution is -2.17. The maximum atomic E-state index is 12.3. The summed E-state index contributed by atoms with van der Waals surface area (Å²) in [6.07, 6.45) is 1.36. The van der Waals surface area contributed by atoms with Crippen molar-refractivity contribution in [3.8, 4) is 0 Å². The van der Waals surface area contributed by atoms with E-state index in [1.165, 1.54) is 30.5 Å². The highest BCUT2D eigenvalue weighted by atomic mass is 35.5. The molecule has 0 bridgehead atoms. The number of benzene rings is 1. The SMILES string of the molecule is Cc1cccc(C(=O)O)c1NS(=O)(=O)c1cccnc1Cl. The van der Waals surface area contributed by atoms with E-state index in [1.54, 1.807) is 13.0 Å². The van der Waals surface area contributed by atoms with Crippen LogP contribution in [0.4, 0.5) is 5.69 Å². The van der Waals surface area contributed by atoms with Crippen LogP contribution in [-0.4, -0.2) is 24.5 Å². The maximum Gasteiger partial charge on any atom is 0.337 e. The summed E-state index contributed by atoms with van der Waals surface area (Å²) in [7, 11) is -4.03. The molecule has 2 N–H and O–H groups in total. The van der Waals surface area contributed by atoms with E-state index in [0.29, 0.717) is 5.56 Å². The monoisotopic (exact) mass is 326 g/mol. The Kier molecular flexibility index (Phi) is 4.15. The van der Waals surface area contributed by atoms with Gasteiger partial charge in [-0.2, -0.15) is 0 Å². The lowest BCUT2D eigenvalue weighted by molar-refractivity contribution is 0.0698. The van der Waals surface area contributed by atoms with Crippen molar-refractivity contribution in [3.05, 3.63) is 52.8 Å². The molecule has 2 rings (SSSR count). The van der Waals surface area contributed by atoms with Crippen molar-refractivity contribution in [3.63, 3.8) is 0 Å². The third-order valence-electron chi connectivity index (χ3n) is 2.75. The molecule has 1 aromatic heterocycles. The van der Waals surface area contributed by atoms with Crippen LogP contribution >= 0.6 is 11.6 Å². The molecule has 0 amide bonds. The Morgan fingerprint density at radius 3 is 2.62 bits per heavy atom. The molecule has 0 saturated heterocycles. The summed E-state index contributed by atoms with van der Waals surface area (Å²) in [6.45, 7) is 1.61. The number of carboxylic acid groups (broad SMARTS) is 1. The zero-order valence-corrected chi connectivity index (χ0v) is 12.4. The van der Waals surface area contributed by atoms with Crippen LogP contribution in [0.1, 0.15) is 15.9 Å². The van der Waals surface area contributed by atoms with E-state index in [2.05, 4.69) is 9.71 Å². The van der Waals surface area contributed by atoms with Crippen molar-refractivity contribution in [2.45, 2.75) is 11.8 Å². The van der Waals surface area contributed by atoms with Gasteiger partial charge < -0.3 is 5.11 Å². The fourth-order valence-electron chi connectivity index (χ4n) is 1.74. The van der Waals surface area contributed by atoms with E-state index >= 15 is 0 Å². The lowest BCUT2D eigenvalue weighted by atomic mass is 10.1. The van der Waals surface area contributed by atoms with Gasteiger partial charge in [-0.05, 0) is 30.7 Å². The number of pyridine rings is 1. The Morgan fingerprint density at radius 1 is 1.29 bits per heavy atom. The summed E-state index contributed by atoms with van der Waals surface area (Å²) >= 11 is 5.77. The van der Waals surface area contributed by atoms with Gasteiger partial charge in [0.1, 0.15) is 10.0 Å². The predicted octanol–water partition coefficient (Wildman–Crippen LogP) is 2.54. The van der Waals surface area contributed by atoms with Crippen LogP contribution < -0.4 is 4.72 Å². The van der Waals surface area contributed by atoms with Gasteiger partial charge in [-0.1, -0.05) is 23.7 Å². The fourth-order valence-corrected chi connectivity index (χ4v) is 3.35. The molecule has 8 heteroatoms. The molecule has 1 aromatic carbocycles. The second-order valence-electron chi connectivity index (χ2n) is 4.20. The zero-order chi connectivity index (χ0) is 15.6. The molecule has 0 unspecified atom stereocenters. The van der Waals surface area contributed by atoms with Crippen molar-refractivity contribution in [2.75, 3.05) is 4.72 Å². The number of halogens is 1. The highest BCUT2D eigenvalue weighted by Crippen LogP contribution is 2.26. The smallest absolute Gasteiger partial charge is 0.337 e. The second kappa shape index (κ2) is 5.71. The van der Waals surface area contributed by atoms with Gasteiger partial charge in [0.2, 0.25) is 0 Å². The van der Waals surface area contributed by atoms with E-state index in [4.69, 9.17) is 16.7 Å². The Labute approximate surface area is 126 Å². The summed E-state index contributed by atoms with van der Waals surface area (Å²) in [4.78, 5) is 14.7. The van der Waals surface area contributed by atoms with Crippen molar-refractivity contribution in [1.82, 2.24) is 4.98 Å². The quantitative estimate of drug-likeness (QED) is 0.842. The van der Waals surface area contributed by atoms with Crippen LogP contribution in [0.5, 0.6) is 0 Å². The number of sulfonamides is 1. The van der Waals surface area contributed by atoms with Crippen LogP contribution in [0.2, 0.25) is 5.15 Å². The number of carboxylic acids is 1. The molecule has 0 atom stereocenters. The molecular weight excluding hydrogens is 316 g/mol. The van der Waals surface area contributed by atoms with Gasteiger partial charge in [-0.3, -0.25) is 4.72 Å². The number of hydrogen-bond donors (Lipinski definition) is 2. The number of rotatable bonds is 4. The normalized spacial score (nSPS) is 11.1. The largest absolute Gasteiger partial charge is 0.478 e. The number of para-hydroxylation sites is 1. The summed E-state index contributed by atoms with van der Waals surface area (Å²) in [6, 6.07) is 7.17. The Morgan fingerprint density at radius 2 is 2.00 bits per heavy atom. The van der Waals surface area contributed by atoms with E-state index in [1.807, 2.05) is 0 Å². The number of nitrogens with one attached hydrogen (secondary N) is 1. The van der Waals surface area contributed by atoms with Crippen LogP contribution in [0, 0.1) is 6.92 Å². The average molecular weight is 327 g/mol. The predicted molar refractivity (Wildman–Crippen MR) is 78.2 cm³/mol. The molecule has 1 heterocycles. The van der Waals surface area contributed by atoms with Gasteiger partial charge in [0, 0.05) is 6.20 Å². The van der Waals surface area contributed by atoms with Crippen molar-refractivity contribution >= 4 is 33.3 Å². The van der Waals surface area contributed by atoms with Crippen LogP contribution in [0.15, 0.2) is 41.4 Å². The molecule has 21 heavy (non-hydrogen) atoms. The molecular formula is C13H11ClN2O4S. The first kappa shape index (κ1) is 15.3. The minimum Gasteiger partial charge on any atom is -0.478 e. The highest BCUT2D eigenvalue weighted by molar-refractivity contribution is 7.92. The van der Waals surface area contributed by atoms with E-state index < -0.39 is 16.0 Å². The van der Waals surface area contributed by atoms with Gasteiger partial charge in [0.05, 0.1) is 11.3 Å². The fraction of sp³-hybridized carbons (Fsp3) is 0.0769. The summed E-state index contributed by atoms with van der Waals surface area (Å²) in [5.41, 5.74) is 0.349. The number of aromatic nitrogens is 1. The van der Waals surface area contributed by atoms with Crippen molar-refractivity contribution < 1.29 is 18.3 Å². The zero-order valence-electron chi connectivity index (χ0n) is 10.9. The minimum absolute atomic E-state index is 0.00456. The van der Waals surface area contributed by atoms with Gasteiger partial charge in [0.25, 0.3) is 10.0 Å². The number of aromatic carboxylic acids is 1. The third kappa shape index (κ3) is 3.14. The number of anilines is 1. The van der Waals surface area contributed by atoms with Crippen molar-refractivity contribution in [2.24, 2.45) is 0 Å². The van der Waals surface area contributed by atoms with E-state index in [0.717, 1.165) is 0 Å².